The molecule has 0 N–H and O–H groups in total. The molecule has 0 amide bonds. The zero-order valence-corrected chi connectivity index (χ0v) is 19.5. The number of fused-ring (bicyclic) bond motifs is 1. The van der Waals surface area contributed by atoms with Gasteiger partial charge in [-0.1, -0.05) is 11.2 Å². The summed E-state index contributed by atoms with van der Waals surface area (Å²) in [6.45, 7) is 4.73. The first-order valence-electron chi connectivity index (χ1n) is 11.4. The maximum absolute atomic E-state index is 14.0. The first-order chi connectivity index (χ1) is 16.4. The van der Waals surface area contributed by atoms with Crippen molar-refractivity contribution in [1.82, 2.24) is 19.4 Å². The summed E-state index contributed by atoms with van der Waals surface area (Å²) in [5.74, 6) is 1.18. The van der Waals surface area contributed by atoms with E-state index in [0.717, 1.165) is 59.9 Å². The number of methoxy groups -OCH3 is 1. The Morgan fingerprint density at radius 3 is 2.76 bits per heavy atom. The number of rotatable bonds is 4. The maximum Gasteiger partial charge on any atom is 0.236 e. The Hall–Kier alpha value is -3.68. The highest BCUT2D eigenvalue weighted by molar-refractivity contribution is 6.04. The molecule has 1 spiro atoms. The van der Waals surface area contributed by atoms with Gasteiger partial charge >= 0.3 is 0 Å². The second-order valence-electron chi connectivity index (χ2n) is 9.67. The Bertz CT molecular complexity index is 1340. The highest BCUT2D eigenvalue weighted by Gasteiger charge is 2.56. The van der Waals surface area contributed by atoms with Crippen molar-refractivity contribution in [2.24, 2.45) is 10.6 Å². The highest BCUT2D eigenvalue weighted by atomic mass is 19.1. The molecule has 1 aromatic carbocycles. The van der Waals surface area contributed by atoms with Crippen molar-refractivity contribution in [3.8, 4) is 11.4 Å². The molecule has 174 valence electrons. The Labute approximate surface area is 197 Å². The van der Waals surface area contributed by atoms with Gasteiger partial charge in [0.25, 0.3) is 0 Å². The van der Waals surface area contributed by atoms with Crippen LogP contribution in [0.5, 0.6) is 5.75 Å². The number of piperidine rings is 1. The number of aromatic nitrogens is 3. The van der Waals surface area contributed by atoms with E-state index in [0.29, 0.717) is 5.56 Å². The Morgan fingerprint density at radius 2 is 2.06 bits per heavy atom. The average Bonchev–Trinajstić information content (AvgIpc) is 3.27. The summed E-state index contributed by atoms with van der Waals surface area (Å²) in [5, 5.41) is 4.48. The van der Waals surface area contributed by atoms with Crippen molar-refractivity contribution in [2.45, 2.75) is 38.8 Å². The smallest absolute Gasteiger partial charge is 0.236 e. The van der Waals surface area contributed by atoms with Crippen molar-refractivity contribution in [2.75, 3.05) is 13.7 Å². The minimum Gasteiger partial charge on any atom is -0.495 e. The number of aryl methyl sites for hydroxylation is 1. The molecule has 0 radical (unpaired) electrons. The molecule has 1 aliphatic carbocycles. The van der Waals surface area contributed by atoms with Crippen LogP contribution in [0.4, 0.5) is 4.39 Å². The van der Waals surface area contributed by atoms with Gasteiger partial charge in [-0.15, -0.1) is 0 Å². The predicted octanol–water partition coefficient (Wildman–Crippen LogP) is 4.81. The van der Waals surface area contributed by atoms with E-state index >= 15 is 0 Å². The number of halogens is 1. The summed E-state index contributed by atoms with van der Waals surface area (Å²) in [7, 11) is 1.68. The van der Waals surface area contributed by atoms with E-state index in [1.807, 2.05) is 36.7 Å². The Balaban J connectivity index is 1.37. The topological polar surface area (TPSA) is 64.8 Å². The van der Waals surface area contributed by atoms with E-state index in [1.165, 1.54) is 12.3 Å². The van der Waals surface area contributed by atoms with Crippen LogP contribution in [0.2, 0.25) is 0 Å². The van der Waals surface area contributed by atoms with Crippen LogP contribution in [-0.2, 0) is 10.6 Å². The number of benzene rings is 1. The fourth-order valence-electron chi connectivity index (χ4n) is 5.02. The molecule has 34 heavy (non-hydrogen) atoms. The number of nitrogens with zero attached hydrogens (tertiary/aromatic N) is 5. The van der Waals surface area contributed by atoms with E-state index in [2.05, 4.69) is 32.2 Å². The van der Waals surface area contributed by atoms with E-state index in [9.17, 15) is 4.39 Å². The van der Waals surface area contributed by atoms with Crippen molar-refractivity contribution in [3.63, 3.8) is 0 Å². The molecule has 2 aliphatic heterocycles. The van der Waals surface area contributed by atoms with Gasteiger partial charge in [0, 0.05) is 31.4 Å². The number of ether oxygens (including phenoxy) is 1. The summed E-state index contributed by atoms with van der Waals surface area (Å²) in [5.41, 5.74) is 3.99. The molecule has 1 atom stereocenters. The van der Waals surface area contributed by atoms with Gasteiger partial charge in [-0.05, 0) is 67.0 Å². The lowest BCUT2D eigenvalue weighted by atomic mass is 9.87. The van der Waals surface area contributed by atoms with Gasteiger partial charge in [0.15, 0.2) is 5.84 Å². The molecule has 2 fully saturated rings. The molecule has 1 unspecified atom stereocenters. The van der Waals surface area contributed by atoms with Crippen LogP contribution in [0.3, 0.4) is 0 Å². The van der Waals surface area contributed by atoms with Gasteiger partial charge in [-0.3, -0.25) is 4.98 Å². The van der Waals surface area contributed by atoms with E-state index < -0.39 is 5.72 Å². The molecule has 1 saturated heterocycles. The van der Waals surface area contributed by atoms with E-state index in [1.54, 1.807) is 19.6 Å². The minimum atomic E-state index is -0.889. The van der Waals surface area contributed by atoms with Crippen LogP contribution in [0.25, 0.3) is 11.8 Å². The minimum absolute atomic E-state index is 0.207. The summed E-state index contributed by atoms with van der Waals surface area (Å²) in [6, 6.07) is 7.62. The van der Waals surface area contributed by atoms with Crippen LogP contribution in [0, 0.1) is 18.2 Å². The molecule has 1 saturated carbocycles. The van der Waals surface area contributed by atoms with Crippen LogP contribution < -0.4 is 4.74 Å². The number of hydrogen-bond donors (Lipinski definition) is 0. The lowest BCUT2D eigenvalue weighted by Crippen LogP contribution is -2.50. The lowest BCUT2D eigenvalue weighted by Gasteiger charge is -2.41. The predicted molar refractivity (Wildman–Crippen MR) is 126 cm³/mol. The number of hydrogen-bond acceptors (Lipinski definition) is 6. The van der Waals surface area contributed by atoms with Crippen LogP contribution in [0.15, 0.2) is 59.9 Å². The maximum atomic E-state index is 14.0. The van der Waals surface area contributed by atoms with Crippen LogP contribution >= 0.6 is 0 Å². The highest BCUT2D eigenvalue weighted by Crippen LogP contribution is 2.57. The monoisotopic (exact) mass is 459 g/mol. The van der Waals surface area contributed by atoms with Crippen LogP contribution in [-0.4, -0.2) is 38.9 Å². The van der Waals surface area contributed by atoms with E-state index in [-0.39, 0.29) is 11.2 Å². The molecule has 2 aromatic heterocycles. The van der Waals surface area contributed by atoms with Gasteiger partial charge in [0.05, 0.1) is 31.0 Å². The SMILES string of the molecule is COc1cc(C=C2CC3(CC3)CN3C2=NOC3(C)c2cncc(F)c2)ccc1-n1cnc(C)c1. The molecule has 8 heteroatoms. The largest absolute Gasteiger partial charge is 0.495 e. The van der Waals surface area contributed by atoms with Gasteiger partial charge < -0.3 is 19.0 Å². The number of imidazole rings is 1. The molecule has 6 rings (SSSR count). The van der Waals surface area contributed by atoms with Gasteiger partial charge in [-0.2, -0.15) is 0 Å². The zero-order valence-electron chi connectivity index (χ0n) is 19.5. The summed E-state index contributed by atoms with van der Waals surface area (Å²) in [4.78, 5) is 16.5. The summed E-state index contributed by atoms with van der Waals surface area (Å²) in [6.07, 6.45) is 12.0. The summed E-state index contributed by atoms with van der Waals surface area (Å²) >= 11 is 0. The standard InChI is InChI=1S/C26H26FN5O2/c1-17-14-31(16-29-17)22-5-4-18(9-23(22)33-3)8-19-11-26(6-7-26)15-32-24(19)30-34-25(32,2)20-10-21(27)13-28-12-20/h4-5,8-10,12-14,16H,6-7,11,15H2,1-3H3. The van der Waals surface area contributed by atoms with E-state index in [4.69, 9.17) is 9.57 Å². The molecule has 3 aliphatic rings. The van der Waals surface area contributed by atoms with Crippen molar-refractivity contribution in [3.05, 3.63) is 77.4 Å². The third-order valence-electron chi connectivity index (χ3n) is 7.16. The normalized spacial score (nSPS) is 23.6. The third-order valence-corrected chi connectivity index (χ3v) is 7.16. The summed E-state index contributed by atoms with van der Waals surface area (Å²) < 4.78 is 21.6. The molecule has 3 aromatic rings. The molecule has 4 heterocycles. The van der Waals surface area contributed by atoms with Crippen molar-refractivity contribution < 1.29 is 14.0 Å². The van der Waals surface area contributed by atoms with Gasteiger partial charge in [-0.25, -0.2) is 9.37 Å². The molecular weight excluding hydrogens is 433 g/mol. The zero-order chi connectivity index (χ0) is 23.5. The van der Waals surface area contributed by atoms with Crippen LogP contribution in [0.1, 0.15) is 43.0 Å². The average molecular weight is 460 g/mol. The second-order valence-corrected chi connectivity index (χ2v) is 9.67. The number of oxime groups is 1. The fraction of sp³-hybridized carbons (Fsp3) is 0.346. The molecular formula is C26H26FN5O2. The van der Waals surface area contributed by atoms with Crippen molar-refractivity contribution >= 4 is 11.9 Å². The Kier molecular flexibility index (Phi) is 4.56. The number of amidine groups is 1. The lowest BCUT2D eigenvalue weighted by molar-refractivity contribution is -0.0972. The van der Waals surface area contributed by atoms with Gasteiger partial charge in [0.1, 0.15) is 11.6 Å². The van der Waals surface area contributed by atoms with Gasteiger partial charge in [0.2, 0.25) is 5.72 Å². The fourth-order valence-corrected chi connectivity index (χ4v) is 5.02. The quantitative estimate of drug-likeness (QED) is 0.560. The first-order valence-corrected chi connectivity index (χ1v) is 11.4. The number of pyridine rings is 1. The third kappa shape index (κ3) is 3.36. The van der Waals surface area contributed by atoms with Crippen molar-refractivity contribution in [1.29, 1.82) is 0 Å². The molecule has 0 bridgehead atoms. The second kappa shape index (κ2) is 7.41. The first kappa shape index (κ1) is 20.9. The Morgan fingerprint density at radius 1 is 1.21 bits per heavy atom. The molecule has 7 nitrogen and oxygen atoms in total.